The molecule has 3 amide bonds. The van der Waals surface area contributed by atoms with Crippen molar-refractivity contribution >= 4 is 23.4 Å². The summed E-state index contributed by atoms with van der Waals surface area (Å²) in [6.07, 6.45) is 1.07. The molecule has 0 aromatic heterocycles. The van der Waals surface area contributed by atoms with Crippen LogP contribution in [-0.2, 0) is 14.4 Å². The van der Waals surface area contributed by atoms with E-state index < -0.39 is 29.5 Å². The van der Waals surface area contributed by atoms with E-state index in [1.807, 2.05) is 4.90 Å². The van der Waals surface area contributed by atoms with Crippen LogP contribution in [0.1, 0.15) is 19.3 Å². The fourth-order valence-electron chi connectivity index (χ4n) is 3.29. The third kappa shape index (κ3) is 2.89. The third-order valence-electron chi connectivity index (χ3n) is 4.66. The molecule has 0 unspecified atom stereocenters. The number of carbonyl (C=O) groups is 3. The van der Waals surface area contributed by atoms with Crippen molar-refractivity contribution in [3.63, 3.8) is 0 Å². The molecule has 0 radical (unpaired) electrons. The third-order valence-corrected chi connectivity index (χ3v) is 4.66. The van der Waals surface area contributed by atoms with Gasteiger partial charge in [-0.05, 0) is 38.1 Å². The Morgan fingerprint density at radius 3 is 2.38 bits per heavy atom. The van der Waals surface area contributed by atoms with E-state index in [1.165, 1.54) is 6.07 Å². The maximum atomic E-state index is 13.4. The molecule has 24 heavy (non-hydrogen) atoms. The highest BCUT2D eigenvalue weighted by Crippen LogP contribution is 2.29. The number of benzene rings is 1. The number of amides is 3. The summed E-state index contributed by atoms with van der Waals surface area (Å²) in [6.45, 7) is 0.978. The van der Waals surface area contributed by atoms with Gasteiger partial charge in [0.2, 0.25) is 11.8 Å². The van der Waals surface area contributed by atoms with Gasteiger partial charge in [0, 0.05) is 12.0 Å². The molecule has 8 heteroatoms. The van der Waals surface area contributed by atoms with Gasteiger partial charge in [-0.15, -0.1) is 0 Å². The lowest BCUT2D eigenvalue weighted by Gasteiger charge is -2.33. The number of hydrogen-bond acceptors (Lipinski definition) is 4. The highest BCUT2D eigenvalue weighted by molar-refractivity contribution is 6.22. The van der Waals surface area contributed by atoms with Crippen molar-refractivity contribution in [1.82, 2.24) is 4.90 Å². The maximum Gasteiger partial charge on any atom is 0.251 e. The molecule has 128 valence electrons. The van der Waals surface area contributed by atoms with Gasteiger partial charge in [0.05, 0.1) is 18.2 Å². The molecule has 2 aliphatic heterocycles. The van der Waals surface area contributed by atoms with Crippen LogP contribution in [-0.4, -0.2) is 41.8 Å². The fourth-order valence-corrected chi connectivity index (χ4v) is 3.29. The van der Waals surface area contributed by atoms with E-state index in [-0.39, 0.29) is 23.9 Å². The smallest absolute Gasteiger partial charge is 0.251 e. The van der Waals surface area contributed by atoms with Gasteiger partial charge in [-0.2, -0.15) is 0 Å². The zero-order chi connectivity index (χ0) is 17.4. The van der Waals surface area contributed by atoms with Crippen molar-refractivity contribution in [3.05, 3.63) is 29.8 Å². The lowest BCUT2D eigenvalue weighted by molar-refractivity contribution is -0.124. The Kier molecular flexibility index (Phi) is 4.31. The molecule has 2 heterocycles. The van der Waals surface area contributed by atoms with E-state index in [0.29, 0.717) is 25.9 Å². The van der Waals surface area contributed by atoms with Gasteiger partial charge in [0.25, 0.3) is 5.91 Å². The molecule has 0 aliphatic carbocycles. The Bertz CT molecular complexity index is 702. The molecule has 1 aromatic rings. The minimum absolute atomic E-state index is 0.0148. The number of primary amides is 1. The molecule has 2 saturated heterocycles. The minimum atomic E-state index is -1.11. The summed E-state index contributed by atoms with van der Waals surface area (Å²) >= 11 is 0. The number of nitrogens with zero attached hydrogens (tertiary/aromatic N) is 2. The predicted molar refractivity (Wildman–Crippen MR) is 80.7 cm³/mol. The van der Waals surface area contributed by atoms with Crippen LogP contribution in [0.15, 0.2) is 18.2 Å². The van der Waals surface area contributed by atoms with Gasteiger partial charge in [0.1, 0.15) is 0 Å². The van der Waals surface area contributed by atoms with E-state index in [9.17, 15) is 23.2 Å². The molecule has 2 fully saturated rings. The lowest BCUT2D eigenvalue weighted by Crippen LogP contribution is -2.47. The van der Waals surface area contributed by atoms with Gasteiger partial charge in [-0.25, -0.2) is 13.7 Å². The number of anilines is 1. The molecule has 1 aromatic carbocycles. The van der Waals surface area contributed by atoms with Crippen molar-refractivity contribution in [2.75, 3.05) is 18.0 Å². The molecule has 0 saturated carbocycles. The number of likely N-dealkylation sites (tertiary alicyclic amines) is 1. The summed E-state index contributed by atoms with van der Waals surface area (Å²) < 4.78 is 26.4. The monoisotopic (exact) mass is 337 g/mol. The molecule has 2 N–H and O–H groups in total. The van der Waals surface area contributed by atoms with Crippen molar-refractivity contribution in [1.29, 1.82) is 0 Å². The van der Waals surface area contributed by atoms with Crippen LogP contribution in [0.5, 0.6) is 0 Å². The van der Waals surface area contributed by atoms with Gasteiger partial charge in [-0.1, -0.05) is 0 Å². The highest BCUT2D eigenvalue weighted by atomic mass is 19.2. The fraction of sp³-hybridized carbons (Fsp3) is 0.438. The Hall–Kier alpha value is -2.35. The Balaban J connectivity index is 1.75. The molecule has 0 spiro atoms. The summed E-state index contributed by atoms with van der Waals surface area (Å²) in [5.74, 6) is -3.62. The second-order valence-corrected chi connectivity index (χ2v) is 6.10. The molecule has 6 nitrogen and oxygen atoms in total. The normalized spacial score (nSPS) is 23.1. The Morgan fingerprint density at radius 2 is 1.79 bits per heavy atom. The number of halogens is 2. The SMILES string of the molecule is NC(=O)C1CCN([C@@H]2CC(=O)N(c3ccc(F)c(F)c3)C2=O)CC1. The van der Waals surface area contributed by atoms with Crippen molar-refractivity contribution in [2.45, 2.75) is 25.3 Å². The summed E-state index contributed by atoms with van der Waals surface area (Å²) in [6, 6.07) is 2.29. The van der Waals surface area contributed by atoms with Crippen LogP contribution in [0, 0.1) is 17.6 Å². The van der Waals surface area contributed by atoms with Crippen molar-refractivity contribution in [3.8, 4) is 0 Å². The zero-order valence-electron chi connectivity index (χ0n) is 12.9. The summed E-state index contributed by atoms with van der Waals surface area (Å²) in [7, 11) is 0. The van der Waals surface area contributed by atoms with E-state index >= 15 is 0 Å². The van der Waals surface area contributed by atoms with Crippen LogP contribution >= 0.6 is 0 Å². The average molecular weight is 337 g/mol. The highest BCUT2D eigenvalue weighted by Gasteiger charge is 2.43. The van der Waals surface area contributed by atoms with Crippen molar-refractivity contribution < 1.29 is 23.2 Å². The second-order valence-electron chi connectivity index (χ2n) is 6.10. The first kappa shape index (κ1) is 16.5. The molecule has 0 bridgehead atoms. The second kappa shape index (κ2) is 6.27. The predicted octanol–water partition coefficient (Wildman–Crippen LogP) is 0.794. The van der Waals surface area contributed by atoms with E-state index in [2.05, 4.69) is 0 Å². The topological polar surface area (TPSA) is 83.7 Å². The number of nitrogens with two attached hydrogens (primary N) is 1. The van der Waals surface area contributed by atoms with Crippen molar-refractivity contribution in [2.24, 2.45) is 11.7 Å². The first-order chi connectivity index (χ1) is 11.4. The van der Waals surface area contributed by atoms with E-state index in [4.69, 9.17) is 5.73 Å². The van der Waals surface area contributed by atoms with E-state index in [0.717, 1.165) is 17.0 Å². The maximum absolute atomic E-state index is 13.4. The molecule has 2 aliphatic rings. The number of hydrogen-bond donors (Lipinski definition) is 1. The van der Waals surface area contributed by atoms with Crippen LogP contribution in [0.4, 0.5) is 14.5 Å². The van der Waals surface area contributed by atoms with E-state index in [1.54, 1.807) is 0 Å². The van der Waals surface area contributed by atoms with Gasteiger partial charge in [0.15, 0.2) is 11.6 Å². The summed E-state index contributed by atoms with van der Waals surface area (Å²) in [4.78, 5) is 38.7. The Morgan fingerprint density at radius 1 is 1.12 bits per heavy atom. The molecular weight excluding hydrogens is 320 g/mol. The summed E-state index contributed by atoms with van der Waals surface area (Å²) in [5.41, 5.74) is 5.31. The average Bonchev–Trinajstić information content (AvgIpc) is 2.85. The summed E-state index contributed by atoms with van der Waals surface area (Å²) in [5, 5.41) is 0. The first-order valence-corrected chi connectivity index (χ1v) is 7.73. The van der Waals surface area contributed by atoms with Gasteiger partial charge < -0.3 is 5.73 Å². The Labute approximate surface area is 137 Å². The number of carbonyl (C=O) groups excluding carboxylic acids is 3. The molecule has 1 atom stereocenters. The van der Waals surface area contributed by atoms with Crippen LogP contribution < -0.4 is 10.6 Å². The quantitative estimate of drug-likeness (QED) is 0.827. The van der Waals surface area contributed by atoms with Crippen LogP contribution in [0.2, 0.25) is 0 Å². The standard InChI is InChI=1S/C16H17F2N3O3/c17-11-2-1-10(7-12(11)18)21-14(22)8-13(16(21)24)20-5-3-9(4-6-20)15(19)23/h1-2,7,9,13H,3-6,8H2,(H2,19,23)/t13-/m1/s1. The van der Waals surface area contributed by atoms with Gasteiger partial charge in [-0.3, -0.25) is 19.3 Å². The van der Waals surface area contributed by atoms with Crippen LogP contribution in [0.3, 0.4) is 0 Å². The van der Waals surface area contributed by atoms with Gasteiger partial charge >= 0.3 is 0 Å². The molecular formula is C16H17F2N3O3. The lowest BCUT2D eigenvalue weighted by atomic mass is 9.95. The number of imide groups is 1. The number of rotatable bonds is 3. The first-order valence-electron chi connectivity index (χ1n) is 7.73. The van der Waals surface area contributed by atoms with Crippen LogP contribution in [0.25, 0.3) is 0 Å². The zero-order valence-corrected chi connectivity index (χ0v) is 12.9. The molecule has 3 rings (SSSR count). The minimum Gasteiger partial charge on any atom is -0.369 e. The number of piperidine rings is 1. The largest absolute Gasteiger partial charge is 0.369 e.